The molecule has 0 unspecified atom stereocenters. The van der Waals surface area contributed by atoms with Crippen LogP contribution < -0.4 is 5.32 Å². The van der Waals surface area contributed by atoms with E-state index in [-0.39, 0.29) is 12.5 Å². The van der Waals surface area contributed by atoms with Gasteiger partial charge in [-0.1, -0.05) is 79.9 Å². The van der Waals surface area contributed by atoms with E-state index in [4.69, 9.17) is 9.72 Å². The van der Waals surface area contributed by atoms with Crippen LogP contribution in [0.2, 0.25) is 0 Å². The fourth-order valence-corrected chi connectivity index (χ4v) is 6.10. The van der Waals surface area contributed by atoms with Crippen LogP contribution in [0, 0.1) is 0 Å². The van der Waals surface area contributed by atoms with E-state index in [0.717, 1.165) is 40.5 Å². The number of ether oxygens (including phenoxy) is 1. The number of anilines is 1. The van der Waals surface area contributed by atoms with Crippen molar-refractivity contribution in [3.63, 3.8) is 0 Å². The number of methoxy groups -OCH3 is 1. The third-order valence-corrected chi connectivity index (χ3v) is 8.73. The molecule has 1 aliphatic rings. The summed E-state index contributed by atoms with van der Waals surface area (Å²) in [6, 6.07) is 30.0. The van der Waals surface area contributed by atoms with E-state index in [1.165, 1.54) is 62.5 Å². The molecule has 1 aliphatic carbocycles. The van der Waals surface area contributed by atoms with Crippen LogP contribution in [-0.2, 0) is 22.1 Å². The Bertz CT molecular complexity index is 1750. The molecule has 4 aromatic carbocycles. The zero-order valence-electron chi connectivity index (χ0n) is 25.7. The molecule has 5 aromatic rings. The molecule has 0 aliphatic heterocycles. The van der Waals surface area contributed by atoms with E-state index in [1.807, 2.05) is 35.0 Å². The highest BCUT2D eigenvalue weighted by Gasteiger charge is 2.30. The topological polar surface area (TPSA) is 56.1 Å². The van der Waals surface area contributed by atoms with Gasteiger partial charge >= 0.3 is 12.1 Å². The minimum absolute atomic E-state index is 0.0465. The van der Waals surface area contributed by atoms with Crippen LogP contribution >= 0.6 is 0 Å². The maximum Gasteiger partial charge on any atom is 0.416 e. The monoisotopic (exact) mass is 623 g/mol. The van der Waals surface area contributed by atoms with Crippen LogP contribution in [0.25, 0.3) is 28.1 Å². The second-order valence-corrected chi connectivity index (χ2v) is 11.8. The first-order valence-electron chi connectivity index (χ1n) is 15.6. The summed E-state index contributed by atoms with van der Waals surface area (Å²) < 4.78 is 46.2. The second kappa shape index (κ2) is 13.6. The van der Waals surface area contributed by atoms with Crippen molar-refractivity contribution in [3.05, 3.63) is 126 Å². The van der Waals surface area contributed by atoms with Crippen LogP contribution in [0.3, 0.4) is 0 Å². The number of rotatable bonds is 9. The van der Waals surface area contributed by atoms with Gasteiger partial charge in [0, 0.05) is 29.6 Å². The molecule has 0 amide bonds. The number of nitrogens with zero attached hydrogens (tertiary/aromatic N) is 2. The third-order valence-electron chi connectivity index (χ3n) is 8.73. The van der Waals surface area contributed by atoms with Gasteiger partial charge in [-0.15, -0.1) is 0 Å². The van der Waals surface area contributed by atoms with Crippen molar-refractivity contribution in [2.24, 2.45) is 0 Å². The molecule has 1 N–H and O–H groups in total. The molecule has 8 heteroatoms. The summed E-state index contributed by atoms with van der Waals surface area (Å²) in [5.74, 6) is 1.05. The summed E-state index contributed by atoms with van der Waals surface area (Å²) in [7, 11) is 1.34. The first-order valence-corrected chi connectivity index (χ1v) is 15.6. The van der Waals surface area contributed by atoms with E-state index in [0.29, 0.717) is 23.6 Å². The second-order valence-electron chi connectivity index (χ2n) is 11.8. The number of carbonyl (C=O) groups is 1. The molecular weight excluding hydrogens is 587 g/mol. The highest BCUT2D eigenvalue weighted by atomic mass is 19.4. The van der Waals surface area contributed by atoms with Crippen molar-refractivity contribution in [1.29, 1.82) is 0 Å². The van der Waals surface area contributed by atoms with E-state index < -0.39 is 11.7 Å². The van der Waals surface area contributed by atoms with E-state index >= 15 is 0 Å². The van der Waals surface area contributed by atoms with Crippen molar-refractivity contribution in [2.75, 3.05) is 19.0 Å². The number of carbonyl (C=O) groups excluding carboxylic acids is 1. The first kappa shape index (κ1) is 31.1. The molecule has 0 saturated heterocycles. The van der Waals surface area contributed by atoms with Gasteiger partial charge in [0.25, 0.3) is 0 Å². The lowest BCUT2D eigenvalue weighted by Crippen LogP contribution is -2.14. The van der Waals surface area contributed by atoms with Crippen molar-refractivity contribution in [1.82, 2.24) is 9.55 Å². The standard InChI is InChI=1S/C38H36F3N3O2/c1-46-37(45)24-42-33-19-21-34(22-20-33)44-25-35(31-15-17-32(18-16-31)38(39,40)41)43-36(44)23-26-7-9-28(10-8-26)30-13-11-29(12-14-30)27-5-3-2-4-6-27/h7-22,25,27,42H,2-6,23-24H2,1H3. The Kier molecular flexibility index (Phi) is 9.24. The van der Waals surface area contributed by atoms with Crippen LogP contribution in [0.1, 0.15) is 60.5 Å². The molecule has 1 fully saturated rings. The molecule has 1 saturated carbocycles. The van der Waals surface area contributed by atoms with Gasteiger partial charge in [0.15, 0.2) is 0 Å². The molecule has 0 atom stereocenters. The Morgan fingerprint density at radius 1 is 0.826 bits per heavy atom. The lowest BCUT2D eigenvalue weighted by Gasteiger charge is -2.22. The average Bonchev–Trinajstić information content (AvgIpc) is 3.51. The summed E-state index contributed by atoms with van der Waals surface area (Å²) in [4.78, 5) is 16.4. The number of imidazole rings is 1. The highest BCUT2D eigenvalue weighted by Crippen LogP contribution is 2.34. The molecule has 1 heterocycles. The lowest BCUT2D eigenvalue weighted by molar-refractivity contribution is -0.139. The molecule has 46 heavy (non-hydrogen) atoms. The minimum atomic E-state index is -4.41. The fraction of sp³-hybridized carbons (Fsp3) is 0.263. The number of aromatic nitrogens is 2. The first-order chi connectivity index (χ1) is 22.3. The number of benzene rings is 4. The number of alkyl halides is 3. The number of nitrogens with one attached hydrogen (secondary N) is 1. The van der Waals surface area contributed by atoms with Gasteiger partial charge in [-0.3, -0.25) is 4.79 Å². The predicted octanol–water partition coefficient (Wildman–Crippen LogP) is 9.45. The number of esters is 1. The van der Waals surface area contributed by atoms with Gasteiger partial charge in [-0.05, 0) is 77.4 Å². The van der Waals surface area contributed by atoms with Crippen LogP contribution in [0.15, 0.2) is 103 Å². The van der Waals surface area contributed by atoms with E-state index in [2.05, 4.69) is 53.8 Å². The fourth-order valence-electron chi connectivity index (χ4n) is 6.10. The predicted molar refractivity (Wildman–Crippen MR) is 175 cm³/mol. The molecular formula is C38H36F3N3O2. The summed E-state index contributed by atoms with van der Waals surface area (Å²) in [6.45, 7) is 0.0465. The van der Waals surface area contributed by atoms with Crippen LogP contribution in [-0.4, -0.2) is 29.2 Å². The van der Waals surface area contributed by atoms with Crippen molar-refractivity contribution in [2.45, 2.75) is 50.6 Å². The SMILES string of the molecule is COC(=O)CNc1ccc(-n2cc(-c3ccc(C(F)(F)F)cc3)nc2Cc2ccc(-c3ccc(C4CCCCC4)cc3)cc2)cc1. The molecule has 0 bridgehead atoms. The molecule has 6 rings (SSSR count). The maximum atomic E-state index is 13.2. The largest absolute Gasteiger partial charge is 0.468 e. The molecule has 1 aromatic heterocycles. The van der Waals surface area contributed by atoms with E-state index in [9.17, 15) is 18.0 Å². The minimum Gasteiger partial charge on any atom is -0.468 e. The quantitative estimate of drug-likeness (QED) is 0.166. The summed E-state index contributed by atoms with van der Waals surface area (Å²) in [6.07, 6.45) is 4.49. The van der Waals surface area contributed by atoms with Crippen molar-refractivity contribution in [3.8, 4) is 28.1 Å². The van der Waals surface area contributed by atoms with Gasteiger partial charge in [0.2, 0.25) is 0 Å². The van der Waals surface area contributed by atoms with E-state index in [1.54, 1.807) is 0 Å². The molecule has 0 spiro atoms. The van der Waals surface area contributed by atoms with Crippen molar-refractivity contribution >= 4 is 11.7 Å². The average molecular weight is 624 g/mol. The van der Waals surface area contributed by atoms with Gasteiger partial charge in [0.05, 0.1) is 18.4 Å². The Labute approximate surface area is 267 Å². The van der Waals surface area contributed by atoms with Crippen molar-refractivity contribution < 1.29 is 22.7 Å². The summed E-state index contributed by atoms with van der Waals surface area (Å²) in [5.41, 5.74) is 6.87. The Balaban J connectivity index is 1.25. The molecule has 236 valence electrons. The zero-order valence-corrected chi connectivity index (χ0v) is 25.7. The van der Waals surface area contributed by atoms with Gasteiger partial charge < -0.3 is 14.6 Å². The Morgan fingerprint density at radius 3 is 2.04 bits per heavy atom. The molecule has 0 radical (unpaired) electrons. The van der Waals surface area contributed by atoms with Gasteiger partial charge in [-0.25, -0.2) is 4.98 Å². The number of hydrogen-bond donors (Lipinski definition) is 1. The highest BCUT2D eigenvalue weighted by molar-refractivity contribution is 5.75. The molecule has 5 nitrogen and oxygen atoms in total. The smallest absolute Gasteiger partial charge is 0.416 e. The van der Waals surface area contributed by atoms with Crippen LogP contribution in [0.4, 0.5) is 18.9 Å². The number of halogens is 3. The Morgan fingerprint density at radius 2 is 1.43 bits per heavy atom. The summed E-state index contributed by atoms with van der Waals surface area (Å²) in [5, 5.41) is 3.02. The summed E-state index contributed by atoms with van der Waals surface area (Å²) >= 11 is 0. The maximum absolute atomic E-state index is 13.2. The number of hydrogen-bond acceptors (Lipinski definition) is 4. The normalized spacial score (nSPS) is 13.8. The Hall–Kier alpha value is -4.85. The van der Waals surface area contributed by atoms with Gasteiger partial charge in [0.1, 0.15) is 12.4 Å². The lowest BCUT2D eigenvalue weighted by atomic mass is 9.83. The third kappa shape index (κ3) is 7.33. The zero-order chi connectivity index (χ0) is 32.1. The van der Waals surface area contributed by atoms with Crippen LogP contribution in [0.5, 0.6) is 0 Å². The van der Waals surface area contributed by atoms with Gasteiger partial charge in [-0.2, -0.15) is 13.2 Å².